The van der Waals surface area contributed by atoms with Crippen LogP contribution in [0.3, 0.4) is 0 Å². The van der Waals surface area contributed by atoms with E-state index in [1.807, 2.05) is 11.8 Å². The highest BCUT2D eigenvalue weighted by Gasteiger charge is 2.25. The Balaban J connectivity index is 2.00. The minimum absolute atomic E-state index is 0.0111. The molecular formula is C15H17BrClN3O. The van der Waals surface area contributed by atoms with Crippen LogP contribution < -0.4 is 0 Å². The molecule has 0 aliphatic carbocycles. The molecule has 21 heavy (non-hydrogen) atoms. The number of amides is 1. The molecular weight excluding hydrogens is 354 g/mol. The van der Waals surface area contributed by atoms with Crippen molar-refractivity contribution in [3.05, 3.63) is 33.3 Å². The van der Waals surface area contributed by atoms with Crippen LogP contribution in [0.15, 0.2) is 22.7 Å². The van der Waals surface area contributed by atoms with Gasteiger partial charge in [0.15, 0.2) is 0 Å². The second kappa shape index (κ2) is 7.26. The summed E-state index contributed by atoms with van der Waals surface area (Å²) in [6.07, 6.45) is 0.814. The molecule has 1 heterocycles. The second-order valence-electron chi connectivity index (χ2n) is 5.01. The van der Waals surface area contributed by atoms with Gasteiger partial charge in [0.25, 0.3) is 5.91 Å². The molecule has 1 aliphatic heterocycles. The Morgan fingerprint density at radius 2 is 2.10 bits per heavy atom. The van der Waals surface area contributed by atoms with Crippen LogP contribution in [0.5, 0.6) is 0 Å². The van der Waals surface area contributed by atoms with E-state index in [1.165, 1.54) is 0 Å². The maximum Gasteiger partial charge on any atom is 0.253 e. The lowest BCUT2D eigenvalue weighted by atomic mass is 10.1. The average Bonchev–Trinajstić information content (AvgIpc) is 2.51. The van der Waals surface area contributed by atoms with Gasteiger partial charge >= 0.3 is 0 Å². The summed E-state index contributed by atoms with van der Waals surface area (Å²) in [6.45, 7) is 4.80. The number of halogens is 2. The number of nitrogens with zero attached hydrogens (tertiary/aromatic N) is 3. The Morgan fingerprint density at radius 3 is 2.62 bits per heavy atom. The molecule has 0 saturated carbocycles. The standard InChI is InChI=1S/C15H17BrClN3O/c1-2-12(10-18)19-5-7-20(8-6-19)15(21)11-3-4-14(17)13(16)9-11/h3-4,9,12H,2,5-8H2,1H3. The molecule has 1 aliphatic rings. The molecule has 0 spiro atoms. The minimum atomic E-state index is -0.0491. The van der Waals surface area contributed by atoms with Gasteiger partial charge in [-0.05, 0) is 40.5 Å². The lowest BCUT2D eigenvalue weighted by Crippen LogP contribution is -2.51. The van der Waals surface area contributed by atoms with Gasteiger partial charge in [0.1, 0.15) is 0 Å². The van der Waals surface area contributed by atoms with Crippen molar-refractivity contribution in [3.63, 3.8) is 0 Å². The van der Waals surface area contributed by atoms with Crippen molar-refractivity contribution in [1.29, 1.82) is 5.26 Å². The number of benzene rings is 1. The molecule has 4 nitrogen and oxygen atoms in total. The van der Waals surface area contributed by atoms with Crippen LogP contribution in [0.4, 0.5) is 0 Å². The van der Waals surface area contributed by atoms with E-state index in [4.69, 9.17) is 16.9 Å². The third kappa shape index (κ3) is 3.76. The van der Waals surface area contributed by atoms with Crippen molar-refractivity contribution >= 4 is 33.4 Å². The first-order chi connectivity index (χ1) is 10.1. The molecule has 1 amide bonds. The number of rotatable bonds is 3. The smallest absolute Gasteiger partial charge is 0.253 e. The third-order valence-corrected chi connectivity index (χ3v) is 4.96. The zero-order chi connectivity index (χ0) is 15.4. The van der Waals surface area contributed by atoms with E-state index in [2.05, 4.69) is 26.9 Å². The van der Waals surface area contributed by atoms with E-state index >= 15 is 0 Å². The monoisotopic (exact) mass is 369 g/mol. The molecule has 0 N–H and O–H groups in total. The van der Waals surface area contributed by atoms with Gasteiger partial charge in [-0.3, -0.25) is 9.69 Å². The van der Waals surface area contributed by atoms with Gasteiger partial charge in [-0.25, -0.2) is 0 Å². The Labute approximate surface area is 138 Å². The quantitative estimate of drug-likeness (QED) is 0.821. The summed E-state index contributed by atoms with van der Waals surface area (Å²) in [7, 11) is 0. The Kier molecular flexibility index (Phi) is 5.63. The van der Waals surface area contributed by atoms with Gasteiger partial charge < -0.3 is 4.90 Å². The van der Waals surface area contributed by atoms with Gasteiger partial charge in [0.2, 0.25) is 0 Å². The molecule has 112 valence electrons. The largest absolute Gasteiger partial charge is 0.336 e. The zero-order valence-corrected chi connectivity index (χ0v) is 14.2. The zero-order valence-electron chi connectivity index (χ0n) is 11.9. The van der Waals surface area contributed by atoms with Crippen LogP contribution in [0.1, 0.15) is 23.7 Å². The fraction of sp³-hybridized carbons (Fsp3) is 0.467. The molecule has 0 radical (unpaired) electrons. The summed E-state index contributed by atoms with van der Waals surface area (Å²) in [6, 6.07) is 7.48. The molecule has 1 atom stereocenters. The summed E-state index contributed by atoms with van der Waals surface area (Å²) < 4.78 is 0.726. The molecule has 1 aromatic rings. The molecule has 1 saturated heterocycles. The second-order valence-corrected chi connectivity index (χ2v) is 6.27. The van der Waals surface area contributed by atoms with Crippen molar-refractivity contribution in [2.75, 3.05) is 26.2 Å². The van der Waals surface area contributed by atoms with Crippen molar-refractivity contribution in [2.24, 2.45) is 0 Å². The molecule has 1 aromatic carbocycles. The lowest BCUT2D eigenvalue weighted by molar-refractivity contribution is 0.0604. The SMILES string of the molecule is CCC(C#N)N1CCN(C(=O)c2ccc(Cl)c(Br)c2)CC1. The third-order valence-electron chi connectivity index (χ3n) is 3.74. The van der Waals surface area contributed by atoms with Crippen LogP contribution in [-0.2, 0) is 0 Å². The Bertz CT molecular complexity index is 565. The first-order valence-electron chi connectivity index (χ1n) is 6.94. The summed E-state index contributed by atoms with van der Waals surface area (Å²) in [4.78, 5) is 16.4. The molecule has 1 unspecified atom stereocenters. The lowest BCUT2D eigenvalue weighted by Gasteiger charge is -2.36. The van der Waals surface area contributed by atoms with Crippen LogP contribution in [0, 0.1) is 11.3 Å². The summed E-state index contributed by atoms with van der Waals surface area (Å²) in [5.41, 5.74) is 0.632. The predicted octanol–water partition coefficient (Wildman–Crippen LogP) is 3.16. The number of piperazine rings is 1. The van der Waals surface area contributed by atoms with Crippen molar-refractivity contribution in [2.45, 2.75) is 19.4 Å². The first kappa shape index (κ1) is 16.3. The highest BCUT2D eigenvalue weighted by Crippen LogP contribution is 2.24. The van der Waals surface area contributed by atoms with Gasteiger partial charge in [-0.15, -0.1) is 0 Å². The van der Waals surface area contributed by atoms with Crippen LogP contribution in [0.25, 0.3) is 0 Å². The van der Waals surface area contributed by atoms with Crippen molar-refractivity contribution in [3.8, 4) is 6.07 Å². The van der Waals surface area contributed by atoms with E-state index in [0.29, 0.717) is 23.7 Å². The Hall–Kier alpha value is -1.09. The number of hydrogen-bond acceptors (Lipinski definition) is 3. The maximum atomic E-state index is 12.5. The molecule has 0 bridgehead atoms. The predicted molar refractivity (Wildman–Crippen MR) is 86.3 cm³/mol. The van der Waals surface area contributed by atoms with Gasteiger partial charge in [0.05, 0.1) is 17.1 Å². The topological polar surface area (TPSA) is 47.3 Å². The number of hydrogen-bond donors (Lipinski definition) is 0. The van der Waals surface area contributed by atoms with E-state index in [9.17, 15) is 4.79 Å². The van der Waals surface area contributed by atoms with Crippen LogP contribution in [-0.4, -0.2) is 47.9 Å². The van der Waals surface area contributed by atoms with Gasteiger partial charge in [0, 0.05) is 36.2 Å². The van der Waals surface area contributed by atoms with Gasteiger partial charge in [-0.1, -0.05) is 18.5 Å². The normalized spacial score (nSPS) is 17.3. The minimum Gasteiger partial charge on any atom is -0.336 e. The van der Waals surface area contributed by atoms with E-state index in [-0.39, 0.29) is 11.9 Å². The average molecular weight is 371 g/mol. The molecule has 2 rings (SSSR count). The molecule has 6 heteroatoms. The first-order valence-corrected chi connectivity index (χ1v) is 8.12. The van der Waals surface area contributed by atoms with E-state index < -0.39 is 0 Å². The van der Waals surface area contributed by atoms with Crippen LogP contribution in [0.2, 0.25) is 5.02 Å². The molecule has 0 aromatic heterocycles. The number of nitriles is 1. The van der Waals surface area contributed by atoms with E-state index in [0.717, 1.165) is 24.0 Å². The number of carbonyl (C=O) groups is 1. The molecule has 1 fully saturated rings. The Morgan fingerprint density at radius 1 is 1.43 bits per heavy atom. The fourth-order valence-corrected chi connectivity index (χ4v) is 2.98. The summed E-state index contributed by atoms with van der Waals surface area (Å²) in [5.74, 6) is 0.0111. The van der Waals surface area contributed by atoms with Gasteiger partial charge in [-0.2, -0.15) is 5.26 Å². The van der Waals surface area contributed by atoms with Crippen LogP contribution >= 0.6 is 27.5 Å². The summed E-state index contributed by atoms with van der Waals surface area (Å²) in [5, 5.41) is 9.69. The van der Waals surface area contributed by atoms with Crippen molar-refractivity contribution in [1.82, 2.24) is 9.80 Å². The maximum absolute atomic E-state index is 12.5. The van der Waals surface area contributed by atoms with E-state index in [1.54, 1.807) is 18.2 Å². The highest BCUT2D eigenvalue weighted by molar-refractivity contribution is 9.10. The van der Waals surface area contributed by atoms with Crippen molar-refractivity contribution < 1.29 is 4.79 Å². The fourth-order valence-electron chi connectivity index (χ4n) is 2.48. The summed E-state index contributed by atoms with van der Waals surface area (Å²) >= 11 is 9.29. The highest BCUT2D eigenvalue weighted by atomic mass is 79.9. The number of carbonyl (C=O) groups excluding carboxylic acids is 1.